The Balaban J connectivity index is 0.000000202. The molecule has 2 rings (SSSR count). The molecular formula is C12H21O5P3. The Morgan fingerprint density at radius 2 is 1.75 bits per heavy atom. The van der Waals surface area contributed by atoms with Gasteiger partial charge < -0.3 is 22.8 Å². The minimum Gasteiger partial charge on any atom is -0.437 e. The molecule has 1 aliphatic heterocycles. The summed E-state index contributed by atoms with van der Waals surface area (Å²) in [6.45, 7) is 5.25. The fourth-order valence-electron chi connectivity index (χ4n) is 1.37. The van der Waals surface area contributed by atoms with Gasteiger partial charge in [-0.2, -0.15) is 0 Å². The van der Waals surface area contributed by atoms with E-state index >= 15 is 0 Å². The van der Waals surface area contributed by atoms with Crippen molar-refractivity contribution in [3.63, 3.8) is 0 Å². The second kappa shape index (κ2) is 11.6. The Labute approximate surface area is 125 Å². The highest BCUT2D eigenvalue weighted by atomic mass is 31.1. The Morgan fingerprint density at radius 3 is 2.25 bits per heavy atom. The number of rotatable bonds is 7. The molecule has 1 aromatic rings. The van der Waals surface area contributed by atoms with Gasteiger partial charge in [0, 0.05) is 24.7 Å². The minimum absolute atomic E-state index is 0.107. The van der Waals surface area contributed by atoms with E-state index in [1.54, 1.807) is 7.11 Å². The maximum absolute atomic E-state index is 5.37. The number of hydrogen-bond donors (Lipinski definition) is 0. The summed E-state index contributed by atoms with van der Waals surface area (Å²) >= 11 is 0. The lowest BCUT2D eigenvalue weighted by Crippen LogP contribution is -2.20. The largest absolute Gasteiger partial charge is 0.437 e. The standard InChI is InChI=1S/C6H16O3P2.C6H5O2P/c1-7-4-6(9-11-3)5-8-10-2;1-2-4-6-5(3-1)7-9-8-6/h6,10-11H,4-5H2,1-3H3;1-4,9H. The Bertz CT molecular complexity index is 338. The van der Waals surface area contributed by atoms with Crippen LogP contribution in [0.2, 0.25) is 0 Å². The van der Waals surface area contributed by atoms with Gasteiger partial charge in [0.2, 0.25) is 0 Å². The molecule has 3 unspecified atom stereocenters. The van der Waals surface area contributed by atoms with E-state index < -0.39 is 0 Å². The van der Waals surface area contributed by atoms with E-state index in [1.165, 1.54) is 0 Å². The molecule has 3 atom stereocenters. The highest BCUT2D eigenvalue weighted by Crippen LogP contribution is 2.40. The summed E-state index contributed by atoms with van der Waals surface area (Å²) in [6.07, 6.45) is 0.107. The number of ether oxygens (including phenoxy) is 1. The predicted octanol–water partition coefficient (Wildman–Crippen LogP) is 3.45. The van der Waals surface area contributed by atoms with Crippen LogP contribution in [-0.4, -0.2) is 39.8 Å². The number of para-hydroxylation sites is 2. The van der Waals surface area contributed by atoms with Crippen LogP contribution in [0.3, 0.4) is 0 Å². The molecule has 1 aromatic carbocycles. The van der Waals surface area contributed by atoms with Crippen LogP contribution in [0.4, 0.5) is 0 Å². The molecule has 1 aliphatic rings. The first-order chi connectivity index (χ1) is 9.81. The zero-order chi connectivity index (χ0) is 14.6. The van der Waals surface area contributed by atoms with Crippen LogP contribution < -0.4 is 9.05 Å². The molecule has 0 spiro atoms. The third kappa shape index (κ3) is 7.13. The Kier molecular flexibility index (Phi) is 10.5. The molecule has 0 radical (unpaired) electrons. The summed E-state index contributed by atoms with van der Waals surface area (Å²) in [4.78, 5) is 0. The zero-order valence-corrected chi connectivity index (χ0v) is 14.8. The fraction of sp³-hybridized carbons (Fsp3) is 0.500. The van der Waals surface area contributed by atoms with Gasteiger partial charge in [0.1, 0.15) is 6.10 Å². The topological polar surface area (TPSA) is 46.2 Å². The van der Waals surface area contributed by atoms with Crippen molar-refractivity contribution in [2.75, 3.05) is 33.7 Å². The monoisotopic (exact) mass is 338 g/mol. The number of benzene rings is 1. The van der Waals surface area contributed by atoms with E-state index in [0.717, 1.165) is 11.5 Å². The van der Waals surface area contributed by atoms with Gasteiger partial charge in [0.05, 0.1) is 13.2 Å². The fourth-order valence-corrected chi connectivity index (χ4v) is 2.75. The molecule has 0 saturated carbocycles. The van der Waals surface area contributed by atoms with Crippen LogP contribution in [0.15, 0.2) is 24.3 Å². The second-order valence-electron chi connectivity index (χ2n) is 3.65. The van der Waals surface area contributed by atoms with E-state index in [4.69, 9.17) is 22.8 Å². The average Bonchev–Trinajstić information content (AvgIpc) is 2.94. The molecule has 1 heterocycles. The zero-order valence-electron chi connectivity index (χ0n) is 11.8. The lowest BCUT2D eigenvalue weighted by Gasteiger charge is -2.14. The van der Waals surface area contributed by atoms with Gasteiger partial charge >= 0.3 is 0 Å². The normalized spacial score (nSPS) is 14.8. The lowest BCUT2D eigenvalue weighted by atomic mass is 10.3. The molecule has 0 amide bonds. The number of hydrogen-bond acceptors (Lipinski definition) is 5. The van der Waals surface area contributed by atoms with Crippen LogP contribution in [0, 0.1) is 0 Å². The summed E-state index contributed by atoms with van der Waals surface area (Å²) in [5.74, 6) is 1.71. The van der Waals surface area contributed by atoms with Crippen molar-refractivity contribution in [1.82, 2.24) is 0 Å². The van der Waals surface area contributed by atoms with E-state index in [9.17, 15) is 0 Å². The maximum atomic E-state index is 5.37. The van der Waals surface area contributed by atoms with E-state index in [2.05, 4.69) is 0 Å². The first-order valence-electron chi connectivity index (χ1n) is 6.09. The molecule has 20 heavy (non-hydrogen) atoms. The van der Waals surface area contributed by atoms with Crippen molar-refractivity contribution < 1.29 is 22.8 Å². The number of fused-ring (bicyclic) bond motifs is 1. The molecule has 5 nitrogen and oxygen atoms in total. The molecule has 0 aliphatic carbocycles. The van der Waals surface area contributed by atoms with Crippen molar-refractivity contribution in [1.29, 1.82) is 0 Å². The van der Waals surface area contributed by atoms with Crippen LogP contribution in [0.25, 0.3) is 0 Å². The Morgan fingerprint density at radius 1 is 1.10 bits per heavy atom. The van der Waals surface area contributed by atoms with Gasteiger partial charge in [-0.1, -0.05) is 12.1 Å². The van der Waals surface area contributed by atoms with Crippen LogP contribution in [0.5, 0.6) is 11.5 Å². The quantitative estimate of drug-likeness (QED) is 0.713. The van der Waals surface area contributed by atoms with Crippen molar-refractivity contribution in [2.24, 2.45) is 0 Å². The number of methoxy groups -OCH3 is 1. The van der Waals surface area contributed by atoms with Crippen LogP contribution in [0.1, 0.15) is 0 Å². The molecule has 8 heteroatoms. The average molecular weight is 338 g/mol. The lowest BCUT2D eigenvalue weighted by molar-refractivity contribution is 0.0633. The van der Waals surface area contributed by atoms with Crippen molar-refractivity contribution >= 4 is 26.6 Å². The first kappa shape index (κ1) is 18.0. The van der Waals surface area contributed by atoms with E-state index in [-0.39, 0.29) is 15.1 Å². The third-order valence-electron chi connectivity index (χ3n) is 2.20. The van der Waals surface area contributed by atoms with E-state index in [1.807, 2.05) is 37.6 Å². The summed E-state index contributed by atoms with van der Waals surface area (Å²) in [7, 11) is 2.85. The highest BCUT2D eigenvalue weighted by molar-refractivity contribution is 7.31. The third-order valence-corrected chi connectivity index (χ3v) is 3.83. The van der Waals surface area contributed by atoms with Gasteiger partial charge in [0.15, 0.2) is 11.5 Å². The smallest absolute Gasteiger partial charge is 0.275 e. The molecule has 0 saturated heterocycles. The molecule has 0 N–H and O–H groups in total. The molecule has 0 bridgehead atoms. The summed E-state index contributed by atoms with van der Waals surface area (Å²) in [6, 6.07) is 7.65. The van der Waals surface area contributed by atoms with Gasteiger partial charge in [-0.15, -0.1) is 0 Å². The predicted molar refractivity (Wildman–Crippen MR) is 87.2 cm³/mol. The van der Waals surface area contributed by atoms with Gasteiger partial charge in [-0.3, -0.25) is 0 Å². The van der Waals surface area contributed by atoms with E-state index in [0.29, 0.717) is 30.8 Å². The summed E-state index contributed by atoms with van der Waals surface area (Å²) < 4.78 is 25.8. The molecule has 114 valence electrons. The summed E-state index contributed by atoms with van der Waals surface area (Å²) in [5.41, 5.74) is 0. The SMILES string of the molecule is COCC(COPC)OPC.c1ccc2c(c1)OPO2. The molecule has 0 aromatic heterocycles. The van der Waals surface area contributed by atoms with Crippen LogP contribution >= 0.6 is 26.6 Å². The minimum atomic E-state index is 0.107. The summed E-state index contributed by atoms with van der Waals surface area (Å²) in [5, 5.41) is 0. The molecule has 0 fully saturated rings. The van der Waals surface area contributed by atoms with Crippen molar-refractivity contribution in [3.05, 3.63) is 24.3 Å². The van der Waals surface area contributed by atoms with Crippen LogP contribution in [-0.2, 0) is 13.8 Å². The second-order valence-corrected chi connectivity index (χ2v) is 5.56. The van der Waals surface area contributed by atoms with Crippen molar-refractivity contribution in [3.8, 4) is 11.5 Å². The van der Waals surface area contributed by atoms with Gasteiger partial charge in [-0.05, 0) is 25.5 Å². The highest BCUT2D eigenvalue weighted by Gasteiger charge is 2.10. The Hall–Kier alpha value is -0.0100. The first-order valence-corrected chi connectivity index (χ1v) is 9.72. The molecular weight excluding hydrogens is 317 g/mol. The maximum Gasteiger partial charge on any atom is 0.275 e. The van der Waals surface area contributed by atoms with Gasteiger partial charge in [-0.25, -0.2) is 0 Å². The van der Waals surface area contributed by atoms with Gasteiger partial charge in [0.25, 0.3) is 9.03 Å². The van der Waals surface area contributed by atoms with Crippen molar-refractivity contribution in [2.45, 2.75) is 6.10 Å².